The molecule has 1 aliphatic rings. The van der Waals surface area contributed by atoms with Gasteiger partial charge in [-0.3, -0.25) is 4.79 Å². The Balaban J connectivity index is 1.57. The van der Waals surface area contributed by atoms with Crippen LogP contribution < -0.4 is 5.32 Å². The fourth-order valence-corrected chi connectivity index (χ4v) is 2.06. The van der Waals surface area contributed by atoms with Crippen LogP contribution in [0.5, 0.6) is 0 Å². The Bertz CT molecular complexity index is 665. The van der Waals surface area contributed by atoms with E-state index in [1.165, 1.54) is 6.39 Å². The van der Waals surface area contributed by atoms with Gasteiger partial charge in [-0.05, 0) is 37.0 Å². The second-order valence-corrected chi connectivity index (χ2v) is 4.85. The Morgan fingerprint density at radius 2 is 2.37 bits per heavy atom. The first-order valence-electron chi connectivity index (χ1n) is 6.25. The van der Waals surface area contributed by atoms with Gasteiger partial charge in [0.1, 0.15) is 10.9 Å². The van der Waals surface area contributed by atoms with Gasteiger partial charge in [-0.25, -0.2) is 4.98 Å². The average molecular weight is 255 g/mol. The summed E-state index contributed by atoms with van der Waals surface area (Å²) < 4.78 is 5.23. The normalized spacial score (nSPS) is 15.9. The van der Waals surface area contributed by atoms with Gasteiger partial charge in [-0.2, -0.15) is 5.26 Å². The standard InChI is InChI=1S/C14H13N3O2/c15-8-14(4-5-14)13(18)16-6-3-10-1-2-11-12(7-10)19-9-17-11/h1-2,7,9H,3-6H2,(H,16,18). The smallest absolute Gasteiger partial charge is 0.240 e. The van der Waals surface area contributed by atoms with Crippen LogP contribution in [0, 0.1) is 16.7 Å². The Hall–Kier alpha value is -2.35. The maximum atomic E-state index is 11.8. The van der Waals surface area contributed by atoms with Gasteiger partial charge in [-0.15, -0.1) is 0 Å². The zero-order valence-electron chi connectivity index (χ0n) is 10.3. The summed E-state index contributed by atoms with van der Waals surface area (Å²) in [5.41, 5.74) is 1.91. The van der Waals surface area contributed by atoms with E-state index in [2.05, 4.69) is 16.4 Å². The topological polar surface area (TPSA) is 78.9 Å². The summed E-state index contributed by atoms with van der Waals surface area (Å²) in [6.45, 7) is 0.530. The highest BCUT2D eigenvalue weighted by atomic mass is 16.3. The molecule has 0 saturated heterocycles. The lowest BCUT2D eigenvalue weighted by Crippen LogP contribution is -2.32. The van der Waals surface area contributed by atoms with Gasteiger partial charge < -0.3 is 9.73 Å². The van der Waals surface area contributed by atoms with E-state index < -0.39 is 5.41 Å². The number of nitrogens with zero attached hydrogens (tertiary/aromatic N) is 2. The number of oxazole rings is 1. The van der Waals surface area contributed by atoms with E-state index in [0.29, 0.717) is 25.8 Å². The summed E-state index contributed by atoms with van der Waals surface area (Å²) in [5, 5.41) is 11.7. The SMILES string of the molecule is N#CC1(C(=O)NCCc2ccc3ncoc3c2)CC1. The van der Waals surface area contributed by atoms with E-state index >= 15 is 0 Å². The van der Waals surface area contributed by atoms with Crippen molar-refractivity contribution < 1.29 is 9.21 Å². The molecule has 1 saturated carbocycles. The van der Waals surface area contributed by atoms with Crippen molar-refractivity contribution in [3.8, 4) is 6.07 Å². The zero-order valence-corrected chi connectivity index (χ0v) is 10.3. The number of nitrogens with one attached hydrogen (secondary N) is 1. The molecule has 0 aliphatic heterocycles. The molecule has 5 nitrogen and oxygen atoms in total. The number of fused-ring (bicyclic) bond motifs is 1. The van der Waals surface area contributed by atoms with Gasteiger partial charge in [0.05, 0.1) is 6.07 Å². The minimum atomic E-state index is -0.741. The number of aromatic nitrogens is 1. The van der Waals surface area contributed by atoms with Crippen LogP contribution in [0.4, 0.5) is 0 Å². The van der Waals surface area contributed by atoms with Gasteiger partial charge >= 0.3 is 0 Å². The first-order valence-corrected chi connectivity index (χ1v) is 6.25. The number of benzene rings is 1. The number of rotatable bonds is 4. The molecule has 96 valence electrons. The molecule has 0 radical (unpaired) electrons. The van der Waals surface area contributed by atoms with Crippen LogP contribution in [0.15, 0.2) is 29.0 Å². The molecule has 1 amide bonds. The molecular weight excluding hydrogens is 242 g/mol. The number of carbonyl (C=O) groups excluding carboxylic acids is 1. The maximum absolute atomic E-state index is 11.8. The van der Waals surface area contributed by atoms with Crippen molar-refractivity contribution in [3.05, 3.63) is 30.2 Å². The first kappa shape index (κ1) is 11.7. The van der Waals surface area contributed by atoms with Gasteiger partial charge in [0.2, 0.25) is 5.91 Å². The molecule has 1 fully saturated rings. The van der Waals surface area contributed by atoms with E-state index in [1.807, 2.05) is 18.2 Å². The van der Waals surface area contributed by atoms with Crippen LogP contribution in [0.3, 0.4) is 0 Å². The van der Waals surface area contributed by atoms with Crippen molar-refractivity contribution in [1.82, 2.24) is 10.3 Å². The summed E-state index contributed by atoms with van der Waals surface area (Å²) >= 11 is 0. The molecule has 1 aliphatic carbocycles. The minimum absolute atomic E-state index is 0.143. The van der Waals surface area contributed by atoms with Gasteiger partial charge in [0, 0.05) is 6.54 Å². The van der Waals surface area contributed by atoms with Crippen LogP contribution in [-0.4, -0.2) is 17.4 Å². The maximum Gasteiger partial charge on any atom is 0.240 e. The second kappa shape index (κ2) is 4.39. The number of hydrogen-bond donors (Lipinski definition) is 1. The third-order valence-corrected chi connectivity index (χ3v) is 3.49. The molecule has 1 aromatic carbocycles. The van der Waals surface area contributed by atoms with Crippen molar-refractivity contribution >= 4 is 17.0 Å². The van der Waals surface area contributed by atoms with E-state index in [-0.39, 0.29) is 5.91 Å². The highest BCUT2D eigenvalue weighted by molar-refractivity contribution is 5.88. The molecular formula is C14H13N3O2. The first-order chi connectivity index (χ1) is 9.23. The molecule has 19 heavy (non-hydrogen) atoms. The second-order valence-electron chi connectivity index (χ2n) is 4.85. The Labute approximate surface area is 110 Å². The molecule has 1 N–H and O–H groups in total. The fraction of sp³-hybridized carbons (Fsp3) is 0.357. The summed E-state index contributed by atoms with van der Waals surface area (Å²) in [6.07, 6.45) is 3.49. The van der Waals surface area contributed by atoms with Crippen LogP contribution >= 0.6 is 0 Å². The molecule has 5 heteroatoms. The van der Waals surface area contributed by atoms with Crippen LogP contribution in [0.1, 0.15) is 18.4 Å². The van der Waals surface area contributed by atoms with Crippen molar-refractivity contribution in [2.75, 3.05) is 6.54 Å². The Morgan fingerprint density at radius 1 is 1.53 bits per heavy atom. The van der Waals surface area contributed by atoms with Gasteiger partial charge in [0.15, 0.2) is 12.0 Å². The fourth-order valence-electron chi connectivity index (χ4n) is 2.06. The van der Waals surface area contributed by atoms with Gasteiger partial charge in [-0.1, -0.05) is 6.07 Å². The van der Waals surface area contributed by atoms with Crippen molar-refractivity contribution in [3.63, 3.8) is 0 Å². The van der Waals surface area contributed by atoms with Crippen molar-refractivity contribution in [2.45, 2.75) is 19.3 Å². The molecule has 0 atom stereocenters. The molecule has 0 spiro atoms. The lowest BCUT2D eigenvalue weighted by Gasteiger charge is -2.07. The van der Waals surface area contributed by atoms with E-state index in [0.717, 1.165) is 16.7 Å². The van der Waals surface area contributed by atoms with E-state index in [4.69, 9.17) is 9.68 Å². The number of amides is 1. The Kier molecular flexibility index (Phi) is 2.71. The summed E-state index contributed by atoms with van der Waals surface area (Å²) in [4.78, 5) is 15.8. The Morgan fingerprint density at radius 3 is 3.11 bits per heavy atom. The number of carbonyl (C=O) groups is 1. The van der Waals surface area contributed by atoms with Crippen LogP contribution in [0.2, 0.25) is 0 Å². The quantitative estimate of drug-likeness (QED) is 0.903. The monoisotopic (exact) mass is 255 g/mol. The molecule has 0 bridgehead atoms. The third kappa shape index (κ3) is 2.17. The predicted molar refractivity (Wildman–Crippen MR) is 68.0 cm³/mol. The number of nitriles is 1. The predicted octanol–water partition coefficient (Wildman–Crippen LogP) is 1.79. The molecule has 3 rings (SSSR count). The van der Waals surface area contributed by atoms with Crippen LogP contribution in [-0.2, 0) is 11.2 Å². The number of hydrogen-bond acceptors (Lipinski definition) is 4. The third-order valence-electron chi connectivity index (χ3n) is 3.49. The molecule has 1 aromatic heterocycles. The van der Waals surface area contributed by atoms with E-state index in [1.54, 1.807) is 0 Å². The molecule has 2 aromatic rings. The summed E-state index contributed by atoms with van der Waals surface area (Å²) in [6, 6.07) is 7.87. The highest BCUT2D eigenvalue weighted by Crippen LogP contribution is 2.44. The lowest BCUT2D eigenvalue weighted by molar-refractivity contribution is -0.124. The largest absolute Gasteiger partial charge is 0.443 e. The average Bonchev–Trinajstić information content (AvgIpc) is 3.10. The summed E-state index contributed by atoms with van der Waals surface area (Å²) in [7, 11) is 0. The van der Waals surface area contributed by atoms with Crippen LogP contribution in [0.25, 0.3) is 11.1 Å². The molecule has 1 heterocycles. The van der Waals surface area contributed by atoms with Gasteiger partial charge in [0.25, 0.3) is 0 Å². The van der Waals surface area contributed by atoms with E-state index in [9.17, 15) is 4.79 Å². The molecule has 0 unspecified atom stereocenters. The van der Waals surface area contributed by atoms with Crippen molar-refractivity contribution in [2.24, 2.45) is 5.41 Å². The lowest BCUT2D eigenvalue weighted by atomic mass is 10.1. The zero-order chi connectivity index (χ0) is 13.3. The minimum Gasteiger partial charge on any atom is -0.443 e. The summed E-state index contributed by atoms with van der Waals surface area (Å²) in [5.74, 6) is -0.143. The highest BCUT2D eigenvalue weighted by Gasteiger charge is 2.50. The van der Waals surface area contributed by atoms with Crippen molar-refractivity contribution in [1.29, 1.82) is 5.26 Å².